The minimum atomic E-state index is -0.305. The van der Waals surface area contributed by atoms with Crippen LogP contribution >= 0.6 is 0 Å². The Bertz CT molecular complexity index is 439. The van der Waals surface area contributed by atoms with Crippen molar-refractivity contribution in [3.8, 4) is 0 Å². The van der Waals surface area contributed by atoms with Crippen molar-refractivity contribution >= 4 is 5.78 Å². The van der Waals surface area contributed by atoms with Crippen molar-refractivity contribution in [2.75, 3.05) is 6.54 Å². The van der Waals surface area contributed by atoms with Crippen molar-refractivity contribution in [2.45, 2.75) is 44.4 Å². The Kier molecular flexibility index (Phi) is 3.78. The molecule has 0 spiro atoms. The number of Topliss-reactive ketones (excluding diaryl/α,β-unsaturated/α-hetero) is 1. The van der Waals surface area contributed by atoms with Gasteiger partial charge >= 0.3 is 5.69 Å². The fraction of sp³-hybridized carbons (Fsp3) is 0.667. The molecule has 1 aromatic heterocycles. The topological polar surface area (TPSA) is 91.7 Å². The van der Waals surface area contributed by atoms with Crippen molar-refractivity contribution < 1.29 is 4.79 Å². The molecule has 0 bridgehead atoms. The van der Waals surface area contributed by atoms with Crippen molar-refractivity contribution in [3.63, 3.8) is 0 Å². The van der Waals surface area contributed by atoms with E-state index in [1.807, 2.05) is 0 Å². The fourth-order valence-corrected chi connectivity index (χ4v) is 2.59. The number of nitrogens with one attached hydrogen (secondary N) is 2. The number of hydrogen-bond acceptors (Lipinski definition) is 3. The third kappa shape index (κ3) is 2.66. The summed E-state index contributed by atoms with van der Waals surface area (Å²) < 4.78 is 0. The molecule has 0 saturated heterocycles. The summed E-state index contributed by atoms with van der Waals surface area (Å²) in [6.45, 7) is -0.0620. The van der Waals surface area contributed by atoms with Crippen LogP contribution in [-0.4, -0.2) is 22.3 Å². The van der Waals surface area contributed by atoms with Crippen LogP contribution in [0.2, 0.25) is 0 Å². The molecule has 1 aromatic rings. The zero-order chi connectivity index (χ0) is 12.3. The number of carbonyl (C=O) groups excluding carboxylic acids is 1. The Labute approximate surface area is 99.8 Å². The van der Waals surface area contributed by atoms with Crippen LogP contribution in [0.1, 0.15) is 60.6 Å². The summed E-state index contributed by atoms with van der Waals surface area (Å²) in [4.78, 5) is 28.4. The molecular formula is C12H19N3O2. The van der Waals surface area contributed by atoms with Crippen LogP contribution in [0.4, 0.5) is 0 Å². The molecule has 4 N–H and O–H groups in total. The molecule has 1 fully saturated rings. The average Bonchev–Trinajstić information content (AvgIpc) is 2.56. The van der Waals surface area contributed by atoms with E-state index in [2.05, 4.69) is 9.97 Å². The summed E-state index contributed by atoms with van der Waals surface area (Å²) in [5, 5.41) is 0. The average molecular weight is 237 g/mol. The van der Waals surface area contributed by atoms with Gasteiger partial charge in [-0.1, -0.05) is 25.7 Å². The number of H-pyrrole nitrogens is 2. The summed E-state index contributed by atoms with van der Waals surface area (Å²) in [5.74, 6) is 0.101. The van der Waals surface area contributed by atoms with Gasteiger partial charge in [0.2, 0.25) is 0 Å². The lowest BCUT2D eigenvalue weighted by molar-refractivity contribution is 0.0995. The second-order valence-corrected chi connectivity index (χ2v) is 4.68. The maximum atomic E-state index is 11.7. The van der Waals surface area contributed by atoms with Crippen LogP contribution in [0, 0.1) is 0 Å². The zero-order valence-corrected chi connectivity index (χ0v) is 9.92. The molecule has 0 radical (unpaired) electrons. The molecule has 0 amide bonds. The summed E-state index contributed by atoms with van der Waals surface area (Å²) in [7, 11) is 0. The highest BCUT2D eigenvalue weighted by atomic mass is 16.1. The van der Waals surface area contributed by atoms with Crippen LogP contribution in [0.25, 0.3) is 0 Å². The fourth-order valence-electron chi connectivity index (χ4n) is 2.59. The third-order valence-corrected chi connectivity index (χ3v) is 3.48. The molecule has 5 heteroatoms. The smallest absolute Gasteiger partial charge is 0.323 e. The Hall–Kier alpha value is -1.36. The molecule has 94 valence electrons. The first-order valence-electron chi connectivity index (χ1n) is 6.28. The quantitative estimate of drug-likeness (QED) is 0.546. The monoisotopic (exact) mass is 237 g/mol. The normalized spacial score (nSPS) is 17.9. The van der Waals surface area contributed by atoms with E-state index in [1.54, 1.807) is 0 Å². The van der Waals surface area contributed by atoms with E-state index >= 15 is 0 Å². The minimum Gasteiger partial charge on any atom is -0.324 e. The lowest BCUT2D eigenvalue weighted by Crippen LogP contribution is -2.17. The zero-order valence-electron chi connectivity index (χ0n) is 9.92. The van der Waals surface area contributed by atoms with E-state index in [0.717, 1.165) is 31.4 Å². The van der Waals surface area contributed by atoms with E-state index in [-0.39, 0.29) is 18.0 Å². The lowest BCUT2D eigenvalue weighted by atomic mass is 9.94. The number of aromatic amines is 2. The minimum absolute atomic E-state index is 0.0620. The molecule has 5 nitrogen and oxygen atoms in total. The van der Waals surface area contributed by atoms with E-state index in [9.17, 15) is 9.59 Å². The highest BCUT2D eigenvalue weighted by molar-refractivity contribution is 5.96. The predicted molar refractivity (Wildman–Crippen MR) is 65.2 cm³/mol. The van der Waals surface area contributed by atoms with E-state index in [0.29, 0.717) is 11.6 Å². The SMILES string of the molecule is NCC(=O)c1[nH]c(=O)[nH]c1C1CCCCCC1. The molecule has 0 aliphatic heterocycles. The molecule has 2 rings (SSSR count). The van der Waals surface area contributed by atoms with Gasteiger partial charge in [-0.25, -0.2) is 4.79 Å². The second-order valence-electron chi connectivity index (χ2n) is 4.68. The molecule has 17 heavy (non-hydrogen) atoms. The van der Waals surface area contributed by atoms with Gasteiger partial charge in [0.15, 0.2) is 5.78 Å². The van der Waals surface area contributed by atoms with E-state index in [1.165, 1.54) is 12.8 Å². The lowest BCUT2D eigenvalue weighted by Gasteiger charge is -2.13. The van der Waals surface area contributed by atoms with Gasteiger partial charge in [-0.05, 0) is 12.8 Å². The standard InChI is InChI=1S/C12H19N3O2/c13-7-9(16)11-10(14-12(17)15-11)8-5-3-1-2-4-6-8/h8H,1-7,13H2,(H2,14,15,17). The van der Waals surface area contributed by atoms with Crippen LogP contribution < -0.4 is 11.4 Å². The first-order valence-corrected chi connectivity index (χ1v) is 6.28. The largest absolute Gasteiger partial charge is 0.324 e. The van der Waals surface area contributed by atoms with Gasteiger partial charge in [0.1, 0.15) is 5.69 Å². The van der Waals surface area contributed by atoms with Gasteiger partial charge in [-0.15, -0.1) is 0 Å². The Morgan fingerprint density at radius 2 is 1.82 bits per heavy atom. The summed E-state index contributed by atoms with van der Waals surface area (Å²) in [6.07, 6.45) is 6.89. The first-order chi connectivity index (χ1) is 8.22. The molecule has 0 aromatic carbocycles. The molecule has 0 atom stereocenters. The second kappa shape index (κ2) is 5.31. The van der Waals surface area contributed by atoms with Crippen LogP contribution in [0.5, 0.6) is 0 Å². The highest BCUT2D eigenvalue weighted by Gasteiger charge is 2.22. The van der Waals surface area contributed by atoms with Gasteiger partial charge in [-0.2, -0.15) is 0 Å². The van der Waals surface area contributed by atoms with Crippen molar-refractivity contribution in [3.05, 3.63) is 21.9 Å². The van der Waals surface area contributed by atoms with Crippen molar-refractivity contribution in [1.82, 2.24) is 9.97 Å². The van der Waals surface area contributed by atoms with E-state index < -0.39 is 0 Å². The molecule has 1 aliphatic rings. The number of carbonyl (C=O) groups is 1. The molecule has 1 heterocycles. The molecule has 1 saturated carbocycles. The Morgan fingerprint density at radius 1 is 1.18 bits per heavy atom. The third-order valence-electron chi connectivity index (χ3n) is 3.48. The van der Waals surface area contributed by atoms with Gasteiger partial charge in [0.25, 0.3) is 0 Å². The number of nitrogens with two attached hydrogens (primary N) is 1. The van der Waals surface area contributed by atoms with Gasteiger partial charge < -0.3 is 15.7 Å². The maximum absolute atomic E-state index is 11.7. The van der Waals surface area contributed by atoms with Crippen LogP contribution in [0.3, 0.4) is 0 Å². The maximum Gasteiger partial charge on any atom is 0.323 e. The number of hydrogen-bond donors (Lipinski definition) is 3. The number of ketones is 1. The summed E-state index contributed by atoms with van der Waals surface area (Å²) in [5.41, 5.74) is 6.22. The van der Waals surface area contributed by atoms with Crippen LogP contribution in [-0.2, 0) is 0 Å². The number of rotatable bonds is 3. The van der Waals surface area contributed by atoms with Gasteiger partial charge in [0.05, 0.1) is 6.54 Å². The molecule has 1 aliphatic carbocycles. The highest BCUT2D eigenvalue weighted by Crippen LogP contribution is 2.31. The predicted octanol–water partition coefficient (Wildman–Crippen LogP) is 1.28. The Balaban J connectivity index is 2.29. The number of imidazole rings is 1. The van der Waals surface area contributed by atoms with Crippen molar-refractivity contribution in [2.24, 2.45) is 5.73 Å². The first kappa shape index (κ1) is 12.1. The Morgan fingerprint density at radius 3 is 2.41 bits per heavy atom. The molecule has 0 unspecified atom stereocenters. The summed E-state index contributed by atoms with van der Waals surface area (Å²) in [6, 6.07) is 0. The van der Waals surface area contributed by atoms with Crippen LogP contribution in [0.15, 0.2) is 4.79 Å². The molecular weight excluding hydrogens is 218 g/mol. The van der Waals surface area contributed by atoms with Gasteiger partial charge in [0, 0.05) is 11.6 Å². The van der Waals surface area contributed by atoms with Gasteiger partial charge in [-0.3, -0.25) is 4.79 Å². The van der Waals surface area contributed by atoms with Crippen molar-refractivity contribution in [1.29, 1.82) is 0 Å². The van der Waals surface area contributed by atoms with E-state index in [4.69, 9.17) is 5.73 Å². The summed E-state index contributed by atoms with van der Waals surface area (Å²) >= 11 is 0. The number of aromatic nitrogens is 2.